The fourth-order valence-corrected chi connectivity index (χ4v) is 1.97. The van der Waals surface area contributed by atoms with E-state index in [9.17, 15) is 4.39 Å². The molecule has 0 unspecified atom stereocenters. The van der Waals surface area contributed by atoms with Gasteiger partial charge in [0.1, 0.15) is 5.82 Å². The fourth-order valence-electron chi connectivity index (χ4n) is 1.97. The lowest BCUT2D eigenvalue weighted by atomic mass is 9.92. The molecule has 1 aromatic carbocycles. The molecule has 0 aliphatic heterocycles. The van der Waals surface area contributed by atoms with Crippen molar-refractivity contribution in [3.63, 3.8) is 0 Å². The zero-order valence-electron chi connectivity index (χ0n) is 8.52. The lowest BCUT2D eigenvalue weighted by Gasteiger charge is -2.13. The third kappa shape index (κ3) is 1.87. The Morgan fingerprint density at radius 1 is 1.21 bits per heavy atom. The maximum atomic E-state index is 13.5. The van der Waals surface area contributed by atoms with E-state index < -0.39 is 0 Å². The third-order valence-electron chi connectivity index (χ3n) is 2.76. The molecular weight excluding hydrogens is 175 g/mol. The summed E-state index contributed by atoms with van der Waals surface area (Å²) in [5.41, 5.74) is 3.13. The quantitative estimate of drug-likeness (QED) is 0.625. The van der Waals surface area contributed by atoms with Crippen molar-refractivity contribution in [3.05, 3.63) is 41.2 Å². The van der Waals surface area contributed by atoms with Gasteiger partial charge in [0.15, 0.2) is 0 Å². The molecule has 0 fully saturated rings. The van der Waals surface area contributed by atoms with Crippen LogP contribution >= 0.6 is 0 Å². The number of hydrogen-bond acceptors (Lipinski definition) is 0. The first-order valence-corrected chi connectivity index (χ1v) is 5.23. The summed E-state index contributed by atoms with van der Waals surface area (Å²) in [6.45, 7) is 2.01. The minimum atomic E-state index is -0.0799. The van der Waals surface area contributed by atoms with Crippen molar-refractivity contribution in [2.24, 2.45) is 0 Å². The van der Waals surface area contributed by atoms with Gasteiger partial charge in [0.05, 0.1) is 0 Å². The average Bonchev–Trinajstić information content (AvgIpc) is 2.23. The molecule has 0 amide bonds. The minimum Gasteiger partial charge on any atom is -0.206 e. The average molecular weight is 190 g/mol. The van der Waals surface area contributed by atoms with Crippen LogP contribution in [-0.4, -0.2) is 0 Å². The minimum absolute atomic E-state index is 0.0799. The molecule has 0 N–H and O–H groups in total. The topological polar surface area (TPSA) is 0 Å². The SMILES string of the molecule is Cc1ccc(F)c(C2=CCCCC2)c1. The summed E-state index contributed by atoms with van der Waals surface area (Å²) >= 11 is 0. The van der Waals surface area contributed by atoms with Gasteiger partial charge < -0.3 is 0 Å². The maximum absolute atomic E-state index is 13.5. The predicted molar refractivity (Wildman–Crippen MR) is 57.6 cm³/mol. The van der Waals surface area contributed by atoms with Crippen LogP contribution < -0.4 is 0 Å². The smallest absolute Gasteiger partial charge is 0.130 e. The molecule has 1 heteroatoms. The van der Waals surface area contributed by atoms with Crippen molar-refractivity contribution in [1.82, 2.24) is 0 Å². The molecule has 0 atom stereocenters. The molecule has 1 aliphatic rings. The van der Waals surface area contributed by atoms with E-state index in [-0.39, 0.29) is 5.82 Å². The molecule has 74 valence electrons. The van der Waals surface area contributed by atoms with Gasteiger partial charge in [0.2, 0.25) is 0 Å². The van der Waals surface area contributed by atoms with Crippen LogP contribution in [0.5, 0.6) is 0 Å². The van der Waals surface area contributed by atoms with Gasteiger partial charge >= 0.3 is 0 Å². The zero-order chi connectivity index (χ0) is 9.97. The monoisotopic (exact) mass is 190 g/mol. The summed E-state index contributed by atoms with van der Waals surface area (Å²) < 4.78 is 13.5. The summed E-state index contributed by atoms with van der Waals surface area (Å²) in [5, 5.41) is 0. The van der Waals surface area contributed by atoms with E-state index in [0.717, 1.165) is 24.0 Å². The van der Waals surface area contributed by atoms with Crippen LogP contribution in [-0.2, 0) is 0 Å². The Kier molecular flexibility index (Phi) is 2.67. The van der Waals surface area contributed by atoms with E-state index in [2.05, 4.69) is 6.08 Å². The molecule has 0 radical (unpaired) electrons. The van der Waals surface area contributed by atoms with Crippen LogP contribution in [0.15, 0.2) is 24.3 Å². The molecular formula is C13H15F. The molecule has 0 nitrogen and oxygen atoms in total. The van der Waals surface area contributed by atoms with E-state index in [0.29, 0.717) is 0 Å². The van der Waals surface area contributed by atoms with E-state index in [1.807, 2.05) is 19.1 Å². The number of rotatable bonds is 1. The number of halogens is 1. The third-order valence-corrected chi connectivity index (χ3v) is 2.76. The second-order valence-electron chi connectivity index (χ2n) is 3.96. The summed E-state index contributed by atoms with van der Waals surface area (Å²) in [7, 11) is 0. The lowest BCUT2D eigenvalue weighted by molar-refractivity contribution is 0.620. The predicted octanol–water partition coefficient (Wildman–Crippen LogP) is 4.09. The van der Waals surface area contributed by atoms with Gasteiger partial charge in [-0.05, 0) is 50.3 Å². The van der Waals surface area contributed by atoms with Crippen LogP contribution in [0.4, 0.5) is 4.39 Å². The van der Waals surface area contributed by atoms with Crippen molar-refractivity contribution in [3.8, 4) is 0 Å². The van der Waals surface area contributed by atoms with Gasteiger partial charge in [-0.25, -0.2) is 4.39 Å². The lowest BCUT2D eigenvalue weighted by Crippen LogP contribution is -1.95. The van der Waals surface area contributed by atoms with Crippen LogP contribution in [0.2, 0.25) is 0 Å². The van der Waals surface area contributed by atoms with Gasteiger partial charge in [-0.2, -0.15) is 0 Å². The van der Waals surface area contributed by atoms with E-state index in [1.165, 1.54) is 18.4 Å². The highest BCUT2D eigenvalue weighted by Gasteiger charge is 2.10. The van der Waals surface area contributed by atoms with Crippen molar-refractivity contribution >= 4 is 5.57 Å². The van der Waals surface area contributed by atoms with Gasteiger partial charge in [0.25, 0.3) is 0 Å². The Bertz CT molecular complexity index is 363. The van der Waals surface area contributed by atoms with Crippen LogP contribution in [0.1, 0.15) is 36.8 Å². The summed E-state index contributed by atoms with van der Waals surface area (Å²) in [5.74, 6) is -0.0799. The second kappa shape index (κ2) is 3.95. The molecule has 0 aromatic heterocycles. The molecule has 14 heavy (non-hydrogen) atoms. The number of hydrogen-bond donors (Lipinski definition) is 0. The molecule has 0 spiro atoms. The van der Waals surface area contributed by atoms with Gasteiger partial charge in [-0.3, -0.25) is 0 Å². The Morgan fingerprint density at radius 3 is 2.79 bits per heavy atom. The maximum Gasteiger partial charge on any atom is 0.130 e. The molecule has 1 aliphatic carbocycles. The summed E-state index contributed by atoms with van der Waals surface area (Å²) in [4.78, 5) is 0. The van der Waals surface area contributed by atoms with Gasteiger partial charge in [0, 0.05) is 5.56 Å². The number of aryl methyl sites for hydroxylation is 1. The summed E-state index contributed by atoms with van der Waals surface area (Å²) in [6, 6.07) is 5.34. The Labute approximate surface area is 84.5 Å². The highest BCUT2D eigenvalue weighted by atomic mass is 19.1. The zero-order valence-corrected chi connectivity index (χ0v) is 8.52. The van der Waals surface area contributed by atoms with Crippen molar-refractivity contribution in [2.45, 2.75) is 32.6 Å². The Morgan fingerprint density at radius 2 is 2.07 bits per heavy atom. The van der Waals surface area contributed by atoms with Gasteiger partial charge in [-0.15, -0.1) is 0 Å². The van der Waals surface area contributed by atoms with Gasteiger partial charge in [-0.1, -0.05) is 17.7 Å². The van der Waals surface area contributed by atoms with E-state index >= 15 is 0 Å². The molecule has 0 saturated carbocycles. The van der Waals surface area contributed by atoms with Crippen LogP contribution in [0, 0.1) is 12.7 Å². The molecule has 0 bridgehead atoms. The Hall–Kier alpha value is -1.11. The largest absolute Gasteiger partial charge is 0.206 e. The first kappa shape index (κ1) is 9.45. The number of benzene rings is 1. The summed E-state index contributed by atoms with van der Waals surface area (Å²) in [6.07, 6.45) is 6.75. The first-order valence-electron chi connectivity index (χ1n) is 5.23. The normalized spacial score (nSPS) is 16.6. The molecule has 1 aromatic rings. The second-order valence-corrected chi connectivity index (χ2v) is 3.96. The van der Waals surface area contributed by atoms with Crippen LogP contribution in [0.25, 0.3) is 5.57 Å². The molecule has 2 rings (SSSR count). The van der Waals surface area contributed by atoms with Crippen molar-refractivity contribution in [1.29, 1.82) is 0 Å². The highest BCUT2D eigenvalue weighted by molar-refractivity contribution is 5.67. The standard InChI is InChI=1S/C13H15F/c1-10-7-8-13(14)12(9-10)11-5-3-2-4-6-11/h5,7-9H,2-4,6H2,1H3. The highest BCUT2D eigenvalue weighted by Crippen LogP contribution is 2.28. The first-order chi connectivity index (χ1) is 6.77. The van der Waals surface area contributed by atoms with E-state index in [1.54, 1.807) is 6.07 Å². The molecule has 0 heterocycles. The van der Waals surface area contributed by atoms with Crippen molar-refractivity contribution in [2.75, 3.05) is 0 Å². The molecule has 0 saturated heterocycles. The fraction of sp³-hybridized carbons (Fsp3) is 0.385. The van der Waals surface area contributed by atoms with Crippen molar-refractivity contribution < 1.29 is 4.39 Å². The van der Waals surface area contributed by atoms with Crippen LogP contribution in [0.3, 0.4) is 0 Å². The Balaban J connectivity index is 2.39. The van der Waals surface area contributed by atoms with E-state index in [4.69, 9.17) is 0 Å². The number of allylic oxidation sites excluding steroid dienone is 2.